The lowest BCUT2D eigenvalue weighted by atomic mass is 10.2. The van der Waals surface area contributed by atoms with Gasteiger partial charge in [0.05, 0.1) is 0 Å². The van der Waals surface area contributed by atoms with E-state index in [-0.39, 0.29) is 6.54 Å². The van der Waals surface area contributed by atoms with Gasteiger partial charge in [0, 0.05) is 38.2 Å². The van der Waals surface area contributed by atoms with Crippen molar-refractivity contribution in [3.05, 3.63) is 42.4 Å². The van der Waals surface area contributed by atoms with Gasteiger partial charge < -0.3 is 0 Å². The van der Waals surface area contributed by atoms with Crippen LogP contribution in [0.3, 0.4) is 0 Å². The van der Waals surface area contributed by atoms with Crippen LogP contribution in [0.4, 0.5) is 0 Å². The average molecular weight is 366 g/mol. The van der Waals surface area contributed by atoms with E-state index in [4.69, 9.17) is 0 Å². The van der Waals surface area contributed by atoms with Crippen LogP contribution in [-0.2, 0) is 16.8 Å². The quantitative estimate of drug-likeness (QED) is 0.663. The molecule has 138 valence electrons. The minimum absolute atomic E-state index is 0.230. The molecule has 2 aromatic rings. The van der Waals surface area contributed by atoms with Gasteiger partial charge in [-0.2, -0.15) is 22.5 Å². The Morgan fingerprint density at radius 2 is 1.88 bits per heavy atom. The summed E-state index contributed by atoms with van der Waals surface area (Å²) < 4.78 is 31.1. The van der Waals surface area contributed by atoms with E-state index in [9.17, 15) is 8.42 Å². The molecule has 0 amide bonds. The first-order chi connectivity index (χ1) is 12.1. The highest BCUT2D eigenvalue weighted by Gasteiger charge is 2.20. The van der Waals surface area contributed by atoms with E-state index in [1.165, 1.54) is 0 Å². The highest BCUT2D eigenvalue weighted by molar-refractivity contribution is 7.87. The molecule has 0 atom stereocenters. The summed E-state index contributed by atoms with van der Waals surface area (Å²) in [6.45, 7) is 5.47. The molecule has 0 aromatic carbocycles. The number of nitrogens with zero attached hydrogens (tertiary/aromatic N) is 4. The lowest BCUT2D eigenvalue weighted by Crippen LogP contribution is -2.41. The molecule has 2 aromatic heterocycles. The molecule has 0 saturated heterocycles. The van der Waals surface area contributed by atoms with Crippen molar-refractivity contribution < 1.29 is 8.42 Å². The molecular formula is C17H27N5O2S. The fourth-order valence-corrected chi connectivity index (χ4v) is 3.66. The summed E-state index contributed by atoms with van der Waals surface area (Å²) in [5.74, 6) is 0.663. The SMILES string of the molecule is CCCCN(CCCC)S(=O)(=O)NCc1ccnc(-n2cccn2)c1. The molecule has 25 heavy (non-hydrogen) atoms. The van der Waals surface area contributed by atoms with Crippen molar-refractivity contribution >= 4 is 10.2 Å². The van der Waals surface area contributed by atoms with E-state index in [0.717, 1.165) is 31.2 Å². The minimum atomic E-state index is -3.49. The van der Waals surface area contributed by atoms with Crippen LogP contribution in [0.15, 0.2) is 36.8 Å². The van der Waals surface area contributed by atoms with E-state index in [1.54, 1.807) is 33.6 Å². The Balaban J connectivity index is 2.03. The minimum Gasteiger partial charge on any atom is -0.237 e. The van der Waals surface area contributed by atoms with Gasteiger partial charge in [-0.05, 0) is 36.6 Å². The Labute approximate surface area is 150 Å². The van der Waals surface area contributed by atoms with Crippen LogP contribution in [0.25, 0.3) is 5.82 Å². The predicted molar refractivity (Wildman–Crippen MR) is 98.5 cm³/mol. The second kappa shape index (κ2) is 9.65. The van der Waals surface area contributed by atoms with Crippen molar-refractivity contribution in [3.8, 4) is 5.82 Å². The maximum Gasteiger partial charge on any atom is 0.279 e. The van der Waals surface area contributed by atoms with Crippen LogP contribution in [0.5, 0.6) is 0 Å². The molecule has 7 nitrogen and oxygen atoms in total. The number of aromatic nitrogens is 3. The monoisotopic (exact) mass is 365 g/mol. The topological polar surface area (TPSA) is 80.1 Å². The Bertz CT molecular complexity index is 723. The zero-order valence-corrected chi connectivity index (χ0v) is 15.7. The van der Waals surface area contributed by atoms with Crippen LogP contribution in [0.1, 0.15) is 45.1 Å². The fraction of sp³-hybridized carbons (Fsp3) is 0.529. The summed E-state index contributed by atoms with van der Waals surface area (Å²) in [4.78, 5) is 4.26. The second-order valence-corrected chi connectivity index (χ2v) is 7.66. The Kier molecular flexibility index (Phi) is 7.54. The summed E-state index contributed by atoms with van der Waals surface area (Å²) in [5.41, 5.74) is 0.843. The van der Waals surface area contributed by atoms with Gasteiger partial charge in [-0.3, -0.25) is 0 Å². The molecule has 0 spiro atoms. The van der Waals surface area contributed by atoms with E-state index in [2.05, 4.69) is 28.7 Å². The third kappa shape index (κ3) is 5.91. The smallest absolute Gasteiger partial charge is 0.237 e. The van der Waals surface area contributed by atoms with E-state index in [0.29, 0.717) is 18.9 Å². The van der Waals surface area contributed by atoms with Crippen molar-refractivity contribution in [2.24, 2.45) is 0 Å². The average Bonchev–Trinajstić information content (AvgIpc) is 3.15. The van der Waals surface area contributed by atoms with Crippen LogP contribution in [0, 0.1) is 0 Å². The summed E-state index contributed by atoms with van der Waals surface area (Å²) in [5, 5.41) is 4.14. The Morgan fingerprint density at radius 1 is 1.16 bits per heavy atom. The molecule has 8 heteroatoms. The summed E-state index contributed by atoms with van der Waals surface area (Å²) in [6, 6.07) is 5.45. The largest absolute Gasteiger partial charge is 0.279 e. The van der Waals surface area contributed by atoms with Gasteiger partial charge in [-0.1, -0.05) is 26.7 Å². The number of hydrogen-bond donors (Lipinski definition) is 1. The Morgan fingerprint density at radius 3 is 2.48 bits per heavy atom. The molecule has 0 bridgehead atoms. The Hall–Kier alpha value is -1.77. The van der Waals surface area contributed by atoms with Crippen LogP contribution >= 0.6 is 0 Å². The van der Waals surface area contributed by atoms with Crippen molar-refractivity contribution in [1.29, 1.82) is 0 Å². The molecule has 0 unspecified atom stereocenters. The maximum atomic E-state index is 12.6. The van der Waals surface area contributed by atoms with Crippen LogP contribution in [-0.4, -0.2) is 40.6 Å². The summed E-state index contributed by atoms with van der Waals surface area (Å²) >= 11 is 0. The number of unbranched alkanes of at least 4 members (excludes halogenated alkanes) is 2. The molecule has 2 rings (SSSR count). The first-order valence-electron chi connectivity index (χ1n) is 8.76. The standard InChI is InChI=1S/C17H27N5O2S/c1-3-5-11-21(12-6-4-2)25(23,24)20-15-16-8-10-18-17(14-16)22-13-7-9-19-22/h7-10,13-14,20H,3-6,11-12,15H2,1-2H3. The lowest BCUT2D eigenvalue weighted by Gasteiger charge is -2.22. The van der Waals surface area contributed by atoms with Gasteiger partial charge in [-0.25, -0.2) is 9.67 Å². The van der Waals surface area contributed by atoms with E-state index < -0.39 is 10.2 Å². The van der Waals surface area contributed by atoms with Gasteiger partial charge >= 0.3 is 0 Å². The lowest BCUT2D eigenvalue weighted by molar-refractivity contribution is 0.388. The van der Waals surface area contributed by atoms with Gasteiger partial charge in [0.2, 0.25) is 0 Å². The highest BCUT2D eigenvalue weighted by Crippen LogP contribution is 2.09. The first kappa shape index (κ1) is 19.6. The van der Waals surface area contributed by atoms with Crippen molar-refractivity contribution in [2.75, 3.05) is 13.1 Å². The predicted octanol–water partition coefficient (Wildman–Crippen LogP) is 2.50. The maximum absolute atomic E-state index is 12.6. The zero-order chi connectivity index (χ0) is 18.1. The molecule has 0 aliphatic carbocycles. The van der Waals surface area contributed by atoms with Gasteiger partial charge in [-0.15, -0.1) is 0 Å². The second-order valence-electron chi connectivity index (χ2n) is 5.91. The van der Waals surface area contributed by atoms with E-state index in [1.807, 2.05) is 12.1 Å². The highest BCUT2D eigenvalue weighted by atomic mass is 32.2. The van der Waals surface area contributed by atoms with Crippen molar-refractivity contribution in [3.63, 3.8) is 0 Å². The number of pyridine rings is 1. The molecule has 1 N–H and O–H groups in total. The zero-order valence-electron chi connectivity index (χ0n) is 14.9. The molecule has 0 aliphatic rings. The third-order valence-corrected chi connectivity index (χ3v) is 5.42. The number of hydrogen-bond acceptors (Lipinski definition) is 4. The van der Waals surface area contributed by atoms with Gasteiger partial charge in [0.15, 0.2) is 5.82 Å². The molecular weight excluding hydrogens is 338 g/mol. The van der Waals surface area contributed by atoms with Gasteiger partial charge in [0.25, 0.3) is 10.2 Å². The summed E-state index contributed by atoms with van der Waals surface area (Å²) in [7, 11) is -3.49. The van der Waals surface area contributed by atoms with Crippen molar-refractivity contribution in [1.82, 2.24) is 23.8 Å². The normalized spacial score (nSPS) is 12.0. The number of nitrogens with one attached hydrogen (secondary N) is 1. The van der Waals surface area contributed by atoms with Crippen LogP contribution in [0.2, 0.25) is 0 Å². The molecule has 0 saturated carbocycles. The summed E-state index contributed by atoms with van der Waals surface area (Å²) in [6.07, 6.45) is 8.80. The first-order valence-corrected chi connectivity index (χ1v) is 10.2. The molecule has 0 fully saturated rings. The van der Waals surface area contributed by atoms with Crippen molar-refractivity contribution in [2.45, 2.75) is 46.1 Å². The van der Waals surface area contributed by atoms with E-state index >= 15 is 0 Å². The number of rotatable bonds is 11. The third-order valence-electron chi connectivity index (χ3n) is 3.87. The fourth-order valence-electron chi connectivity index (χ4n) is 2.39. The molecule has 2 heterocycles. The molecule has 0 aliphatic heterocycles. The molecule has 0 radical (unpaired) electrons. The van der Waals surface area contributed by atoms with Gasteiger partial charge in [0.1, 0.15) is 0 Å². The van der Waals surface area contributed by atoms with Crippen LogP contribution < -0.4 is 4.72 Å².